The predicted octanol–water partition coefficient (Wildman–Crippen LogP) is 3.52. The first kappa shape index (κ1) is 21.0. The second-order valence-corrected chi connectivity index (χ2v) is 7.91. The van der Waals surface area contributed by atoms with Crippen LogP contribution in [0.1, 0.15) is 18.0 Å². The van der Waals surface area contributed by atoms with Gasteiger partial charge in [-0.3, -0.25) is 4.98 Å². The van der Waals surface area contributed by atoms with Gasteiger partial charge in [-0.1, -0.05) is 0 Å². The first-order chi connectivity index (χ1) is 15.9. The maximum Gasteiger partial charge on any atom is 0.341 e. The fourth-order valence-electron chi connectivity index (χ4n) is 3.89. The summed E-state index contributed by atoms with van der Waals surface area (Å²) in [5.74, 6) is -2.01. The van der Waals surface area contributed by atoms with Crippen molar-refractivity contribution in [2.45, 2.75) is 18.6 Å². The Hall–Kier alpha value is -3.89. The molecule has 0 radical (unpaired) electrons. The van der Waals surface area contributed by atoms with Crippen molar-refractivity contribution in [2.75, 3.05) is 13.1 Å². The normalized spacial score (nSPS) is 18.0. The van der Waals surface area contributed by atoms with Crippen LogP contribution in [0.4, 0.5) is 18.0 Å². The molecule has 0 spiro atoms. The number of amides is 2. The smallest absolute Gasteiger partial charge is 0.341 e. The molecule has 170 valence electrons. The standard InChI is InChI=1S/C22H19F3N6O2/c1-29-12-26-9-20(29)18-7-21(17(25)8-27-18)33-16-10-30(11-16)22(32)31-19(2-3-28-31)13-4-14(23)6-15(24)5-13/h3-9,12,16,19H,2,10-11H2,1H3/t19-/m0/s1. The van der Waals surface area contributed by atoms with Gasteiger partial charge in [-0.05, 0) is 17.7 Å². The summed E-state index contributed by atoms with van der Waals surface area (Å²) in [5, 5.41) is 5.29. The van der Waals surface area contributed by atoms with Gasteiger partial charge in [-0.2, -0.15) is 5.10 Å². The van der Waals surface area contributed by atoms with Crippen LogP contribution in [0.3, 0.4) is 0 Å². The number of hydrazone groups is 1. The van der Waals surface area contributed by atoms with Crippen LogP contribution in [0.25, 0.3) is 11.4 Å². The van der Waals surface area contributed by atoms with Crippen molar-refractivity contribution < 1.29 is 22.7 Å². The summed E-state index contributed by atoms with van der Waals surface area (Å²) >= 11 is 0. The van der Waals surface area contributed by atoms with Gasteiger partial charge in [-0.25, -0.2) is 28.0 Å². The third-order valence-electron chi connectivity index (χ3n) is 5.61. The average molecular weight is 456 g/mol. The van der Waals surface area contributed by atoms with Gasteiger partial charge >= 0.3 is 6.03 Å². The molecule has 1 saturated heterocycles. The van der Waals surface area contributed by atoms with E-state index in [0.717, 1.165) is 12.3 Å². The Bertz CT molecular complexity index is 1220. The summed E-state index contributed by atoms with van der Waals surface area (Å²) in [4.78, 5) is 22.5. The molecule has 2 aliphatic heterocycles. The van der Waals surface area contributed by atoms with Crippen LogP contribution in [-0.4, -0.2) is 55.9 Å². The van der Waals surface area contributed by atoms with E-state index in [1.165, 1.54) is 34.3 Å². The Morgan fingerprint density at radius 3 is 2.55 bits per heavy atom. The van der Waals surface area contributed by atoms with Gasteiger partial charge in [0.25, 0.3) is 0 Å². The van der Waals surface area contributed by atoms with Crippen molar-refractivity contribution >= 4 is 12.2 Å². The molecule has 1 fully saturated rings. The monoisotopic (exact) mass is 456 g/mol. The molecule has 0 saturated carbocycles. The van der Waals surface area contributed by atoms with E-state index in [4.69, 9.17) is 4.74 Å². The zero-order chi connectivity index (χ0) is 23.1. The molecule has 0 N–H and O–H groups in total. The summed E-state index contributed by atoms with van der Waals surface area (Å²) in [5.41, 5.74) is 1.54. The highest BCUT2D eigenvalue weighted by atomic mass is 19.1. The van der Waals surface area contributed by atoms with E-state index in [-0.39, 0.29) is 18.8 Å². The van der Waals surface area contributed by atoms with Crippen LogP contribution in [0.5, 0.6) is 5.75 Å². The van der Waals surface area contributed by atoms with Crippen LogP contribution >= 0.6 is 0 Å². The molecule has 0 aliphatic carbocycles. The van der Waals surface area contributed by atoms with Crippen molar-refractivity contribution in [3.8, 4) is 17.1 Å². The fraction of sp³-hybridized carbons (Fsp3) is 0.273. The van der Waals surface area contributed by atoms with E-state index in [2.05, 4.69) is 15.1 Å². The third-order valence-corrected chi connectivity index (χ3v) is 5.61. The summed E-state index contributed by atoms with van der Waals surface area (Å²) in [7, 11) is 1.80. The quantitative estimate of drug-likeness (QED) is 0.602. The number of ether oxygens (including phenoxy) is 1. The van der Waals surface area contributed by atoms with E-state index in [1.54, 1.807) is 24.1 Å². The Morgan fingerprint density at radius 1 is 1.09 bits per heavy atom. The highest BCUT2D eigenvalue weighted by Gasteiger charge is 2.39. The largest absolute Gasteiger partial charge is 0.483 e. The van der Waals surface area contributed by atoms with E-state index < -0.39 is 35.6 Å². The molecule has 0 bridgehead atoms. The number of hydrogen-bond acceptors (Lipinski definition) is 5. The van der Waals surface area contributed by atoms with Crippen LogP contribution in [0, 0.1) is 17.5 Å². The number of pyridine rings is 1. The summed E-state index contributed by atoms with van der Waals surface area (Å²) in [6.45, 7) is 0.440. The summed E-state index contributed by atoms with van der Waals surface area (Å²) in [6.07, 6.45) is 5.78. The number of likely N-dealkylation sites (tertiary alicyclic amines) is 1. The average Bonchev–Trinajstić information content (AvgIpc) is 3.39. The molecule has 2 amide bonds. The van der Waals surface area contributed by atoms with Crippen LogP contribution in [-0.2, 0) is 7.05 Å². The molecule has 0 unspecified atom stereocenters. The van der Waals surface area contributed by atoms with Gasteiger partial charge in [0.05, 0.1) is 49.2 Å². The molecule has 33 heavy (non-hydrogen) atoms. The van der Waals surface area contributed by atoms with Gasteiger partial charge in [0.1, 0.15) is 17.7 Å². The molecule has 2 aromatic heterocycles. The lowest BCUT2D eigenvalue weighted by molar-refractivity contribution is 0.0256. The van der Waals surface area contributed by atoms with E-state index in [0.29, 0.717) is 23.4 Å². The Morgan fingerprint density at radius 2 is 1.85 bits per heavy atom. The van der Waals surface area contributed by atoms with Crippen molar-refractivity contribution in [3.63, 3.8) is 0 Å². The second-order valence-electron chi connectivity index (χ2n) is 7.91. The number of nitrogens with zero attached hydrogens (tertiary/aromatic N) is 6. The lowest BCUT2D eigenvalue weighted by atomic mass is 10.0. The number of benzene rings is 1. The first-order valence-corrected chi connectivity index (χ1v) is 10.2. The van der Waals surface area contributed by atoms with E-state index in [1.807, 2.05) is 0 Å². The van der Waals surface area contributed by atoms with Gasteiger partial charge in [-0.15, -0.1) is 0 Å². The molecule has 3 aromatic rings. The number of hydrogen-bond donors (Lipinski definition) is 0. The van der Waals surface area contributed by atoms with Crippen LogP contribution in [0.15, 0.2) is 48.1 Å². The van der Waals surface area contributed by atoms with E-state index in [9.17, 15) is 18.0 Å². The first-order valence-electron chi connectivity index (χ1n) is 10.2. The van der Waals surface area contributed by atoms with Crippen LogP contribution < -0.4 is 4.74 Å². The molecule has 8 nitrogen and oxygen atoms in total. The van der Waals surface area contributed by atoms with Gasteiger partial charge < -0.3 is 14.2 Å². The maximum atomic E-state index is 14.3. The molecule has 5 rings (SSSR count). The molecule has 4 heterocycles. The number of aryl methyl sites for hydroxylation is 1. The molecule has 1 atom stereocenters. The summed E-state index contributed by atoms with van der Waals surface area (Å²) in [6, 6.07) is 3.65. The van der Waals surface area contributed by atoms with Crippen molar-refractivity contribution in [3.05, 3.63) is 66.0 Å². The topological polar surface area (TPSA) is 75.8 Å². The fourth-order valence-corrected chi connectivity index (χ4v) is 3.89. The maximum absolute atomic E-state index is 14.3. The number of carbonyl (C=O) groups excluding carboxylic acids is 1. The second kappa shape index (κ2) is 8.23. The lowest BCUT2D eigenvalue weighted by Gasteiger charge is -2.41. The van der Waals surface area contributed by atoms with Crippen molar-refractivity contribution in [2.24, 2.45) is 12.1 Å². The number of halogens is 3. The third kappa shape index (κ3) is 4.01. The molecule has 1 aromatic carbocycles. The zero-order valence-corrected chi connectivity index (χ0v) is 17.5. The molecule has 11 heteroatoms. The molecular formula is C22H19F3N6O2. The zero-order valence-electron chi connectivity index (χ0n) is 17.5. The highest BCUT2D eigenvalue weighted by molar-refractivity contribution is 5.79. The number of rotatable bonds is 4. The van der Waals surface area contributed by atoms with Crippen LogP contribution in [0.2, 0.25) is 0 Å². The summed E-state index contributed by atoms with van der Waals surface area (Å²) < 4.78 is 49.0. The minimum atomic E-state index is -0.716. The highest BCUT2D eigenvalue weighted by Crippen LogP contribution is 2.32. The Kier molecular flexibility index (Phi) is 5.23. The predicted molar refractivity (Wildman–Crippen MR) is 112 cm³/mol. The van der Waals surface area contributed by atoms with E-state index >= 15 is 0 Å². The SMILES string of the molecule is Cn1cncc1-c1cc(OC2CN(C(=O)N3N=CC[C@H]3c3cc(F)cc(F)c3)C2)c(F)cn1. The molecule has 2 aliphatic rings. The minimum Gasteiger partial charge on any atom is -0.483 e. The Labute approximate surface area is 186 Å². The minimum absolute atomic E-state index is 0.0330. The number of urea groups is 1. The van der Waals surface area contributed by atoms with Gasteiger partial charge in [0, 0.05) is 31.8 Å². The number of imidazole rings is 1. The van der Waals surface area contributed by atoms with Gasteiger partial charge in [0.15, 0.2) is 11.6 Å². The number of carbonyl (C=O) groups is 1. The number of aromatic nitrogens is 3. The van der Waals surface area contributed by atoms with Crippen molar-refractivity contribution in [1.29, 1.82) is 0 Å². The Balaban J connectivity index is 1.24. The lowest BCUT2D eigenvalue weighted by Crippen LogP contribution is -2.58. The molecular weight excluding hydrogens is 437 g/mol. The van der Waals surface area contributed by atoms with Gasteiger partial charge in [0.2, 0.25) is 0 Å². The van der Waals surface area contributed by atoms with Crippen molar-refractivity contribution in [1.82, 2.24) is 24.4 Å².